The first-order valence-electron chi connectivity index (χ1n) is 13.5. The molecule has 1 amide bonds. The van der Waals surface area contributed by atoms with Gasteiger partial charge in [-0.2, -0.15) is 0 Å². The number of hydrogen-bond acceptors (Lipinski definition) is 4. The molecule has 0 aromatic heterocycles. The number of ether oxygens (including phenoxy) is 1. The molecule has 1 aliphatic carbocycles. The molecule has 3 atom stereocenters. The first-order chi connectivity index (χ1) is 16.0. The van der Waals surface area contributed by atoms with Gasteiger partial charge in [-0.15, -0.1) is 0 Å². The Morgan fingerprint density at radius 3 is 2.42 bits per heavy atom. The number of rotatable bonds is 15. The van der Waals surface area contributed by atoms with Crippen molar-refractivity contribution in [2.45, 2.75) is 111 Å². The predicted octanol–water partition coefficient (Wildman–Crippen LogP) is 6.51. The quantitative estimate of drug-likeness (QED) is 0.206. The molecule has 2 rings (SSSR count). The largest absolute Gasteiger partial charge is 0.492 e. The Hall–Kier alpha value is -1.75. The van der Waals surface area contributed by atoms with E-state index in [0.29, 0.717) is 12.4 Å². The minimum atomic E-state index is -0.884. The summed E-state index contributed by atoms with van der Waals surface area (Å²) < 4.78 is 5.68. The molecule has 1 saturated carbocycles. The van der Waals surface area contributed by atoms with Crippen LogP contribution >= 0.6 is 0 Å². The summed E-state index contributed by atoms with van der Waals surface area (Å²) in [4.78, 5) is 13.1. The number of benzene rings is 1. The lowest BCUT2D eigenvalue weighted by Gasteiger charge is -2.33. The van der Waals surface area contributed by atoms with E-state index in [1.807, 2.05) is 31.2 Å². The molecule has 0 bridgehead atoms. The van der Waals surface area contributed by atoms with Gasteiger partial charge < -0.3 is 20.5 Å². The lowest BCUT2D eigenvalue weighted by atomic mass is 9.79. The fourth-order valence-corrected chi connectivity index (χ4v) is 4.93. The Balaban J connectivity index is 1.88. The minimum absolute atomic E-state index is 0.0656. The number of nitrogens with one attached hydrogen (secondary N) is 2. The molecule has 0 spiro atoms. The fourth-order valence-electron chi connectivity index (χ4n) is 4.93. The minimum Gasteiger partial charge on any atom is -0.492 e. The van der Waals surface area contributed by atoms with Crippen molar-refractivity contribution in [1.29, 1.82) is 0 Å². The van der Waals surface area contributed by atoms with Crippen molar-refractivity contribution in [3.05, 3.63) is 24.3 Å². The van der Waals surface area contributed by atoms with Crippen LogP contribution in [0.4, 0.5) is 5.69 Å². The highest BCUT2D eigenvalue weighted by Gasteiger charge is 2.31. The molecule has 33 heavy (non-hydrogen) atoms. The zero-order chi connectivity index (χ0) is 24.1. The number of para-hydroxylation sites is 2. The number of carbonyl (C=O) groups excluding carboxylic acids is 1. The summed E-state index contributed by atoms with van der Waals surface area (Å²) in [5, 5.41) is 17.4. The van der Waals surface area contributed by atoms with Crippen LogP contribution in [-0.2, 0) is 4.79 Å². The maximum atomic E-state index is 13.1. The van der Waals surface area contributed by atoms with Crippen molar-refractivity contribution >= 4 is 11.6 Å². The van der Waals surface area contributed by atoms with E-state index in [1.54, 1.807) is 0 Å². The van der Waals surface area contributed by atoms with Crippen molar-refractivity contribution in [3.63, 3.8) is 0 Å². The Bertz CT molecular complexity index is 673. The number of amides is 1. The van der Waals surface area contributed by atoms with Gasteiger partial charge in [-0.05, 0) is 56.6 Å². The van der Waals surface area contributed by atoms with Crippen molar-refractivity contribution in [2.75, 3.05) is 11.9 Å². The second-order valence-electron chi connectivity index (χ2n) is 9.86. The van der Waals surface area contributed by atoms with Crippen LogP contribution in [0.15, 0.2) is 24.3 Å². The molecule has 0 saturated heterocycles. The number of hydrogen-bond donors (Lipinski definition) is 3. The third-order valence-corrected chi connectivity index (χ3v) is 7.33. The van der Waals surface area contributed by atoms with Gasteiger partial charge in [0.25, 0.3) is 0 Å². The van der Waals surface area contributed by atoms with Gasteiger partial charge in [-0.25, -0.2) is 0 Å². The smallest absolute Gasteiger partial charge is 0.223 e. The number of anilines is 1. The lowest BCUT2D eigenvalue weighted by Crippen LogP contribution is -2.52. The van der Waals surface area contributed by atoms with Crippen LogP contribution < -0.4 is 15.4 Å². The maximum absolute atomic E-state index is 13.1. The molecule has 1 fully saturated rings. The van der Waals surface area contributed by atoms with Crippen molar-refractivity contribution in [1.82, 2.24) is 5.32 Å². The molecule has 0 unspecified atom stereocenters. The zero-order valence-corrected chi connectivity index (χ0v) is 21.4. The van der Waals surface area contributed by atoms with Gasteiger partial charge in [-0.1, -0.05) is 77.8 Å². The molecule has 0 heterocycles. The average Bonchev–Trinajstić information content (AvgIpc) is 2.83. The maximum Gasteiger partial charge on any atom is 0.223 e. The molecule has 1 aliphatic rings. The molecule has 1 aromatic rings. The molecule has 188 valence electrons. The molecular weight excluding hydrogens is 412 g/mol. The SMILES string of the molecule is CCCCCCCC1CCC(C(=O)N[C@H]([C@@H](C)CC)[C@@H](O)Nc2ccccc2OCC)CC1. The number of carbonyl (C=O) groups is 1. The highest BCUT2D eigenvalue weighted by atomic mass is 16.5. The van der Waals surface area contributed by atoms with Crippen molar-refractivity contribution in [2.24, 2.45) is 17.8 Å². The van der Waals surface area contributed by atoms with E-state index in [0.717, 1.165) is 43.7 Å². The second-order valence-corrected chi connectivity index (χ2v) is 9.86. The van der Waals surface area contributed by atoms with Crippen LogP contribution in [0.1, 0.15) is 98.3 Å². The standard InChI is InChI=1S/C28H48N2O3/c1-5-8-9-10-11-14-22-17-19-23(20-18-22)27(31)30-26(21(4)6-2)28(32)29-24-15-12-13-16-25(24)33-7-3/h12-13,15-16,21-23,26,28-29,32H,5-11,14,17-20H2,1-4H3,(H,30,31)/t21-,22?,23?,26+,28+/m0/s1. The topological polar surface area (TPSA) is 70.6 Å². The van der Waals surface area contributed by atoms with E-state index < -0.39 is 6.23 Å². The summed E-state index contributed by atoms with van der Waals surface area (Å²) in [5.41, 5.74) is 0.744. The van der Waals surface area contributed by atoms with Gasteiger partial charge in [0.1, 0.15) is 12.0 Å². The first kappa shape index (κ1) is 27.5. The summed E-state index contributed by atoms with van der Waals surface area (Å²) in [6.45, 7) is 8.93. The molecule has 1 aromatic carbocycles. The Morgan fingerprint density at radius 1 is 1.06 bits per heavy atom. The molecule has 0 aliphatic heterocycles. The average molecular weight is 461 g/mol. The summed E-state index contributed by atoms with van der Waals surface area (Å²) in [6, 6.07) is 7.26. The number of aliphatic hydroxyl groups excluding tert-OH is 1. The fraction of sp³-hybridized carbons (Fsp3) is 0.750. The monoisotopic (exact) mass is 460 g/mol. The number of aliphatic hydroxyl groups is 1. The van der Waals surface area contributed by atoms with Crippen LogP contribution in [0.25, 0.3) is 0 Å². The highest BCUT2D eigenvalue weighted by molar-refractivity contribution is 5.79. The van der Waals surface area contributed by atoms with E-state index in [9.17, 15) is 9.90 Å². The van der Waals surface area contributed by atoms with Crippen LogP contribution in [-0.4, -0.2) is 29.9 Å². The summed E-state index contributed by atoms with van der Waals surface area (Å²) in [6.07, 6.45) is 12.2. The molecular formula is C28H48N2O3. The van der Waals surface area contributed by atoms with Gasteiger partial charge in [0.05, 0.1) is 18.3 Å². The van der Waals surface area contributed by atoms with E-state index in [4.69, 9.17) is 4.74 Å². The normalized spacial score (nSPS) is 21.1. The van der Waals surface area contributed by atoms with Crippen molar-refractivity contribution in [3.8, 4) is 5.75 Å². The van der Waals surface area contributed by atoms with Gasteiger partial charge in [-0.3, -0.25) is 4.79 Å². The van der Waals surface area contributed by atoms with Gasteiger partial charge in [0.2, 0.25) is 5.91 Å². The molecule has 3 N–H and O–H groups in total. The number of unbranched alkanes of at least 4 members (excludes halogenated alkanes) is 4. The predicted molar refractivity (Wildman–Crippen MR) is 137 cm³/mol. The summed E-state index contributed by atoms with van der Waals surface area (Å²) in [5.74, 6) is 1.80. The van der Waals surface area contributed by atoms with Crippen LogP contribution in [0.5, 0.6) is 5.75 Å². The van der Waals surface area contributed by atoms with E-state index >= 15 is 0 Å². The van der Waals surface area contributed by atoms with Crippen molar-refractivity contribution < 1.29 is 14.6 Å². The van der Waals surface area contributed by atoms with E-state index in [2.05, 4.69) is 31.4 Å². The van der Waals surface area contributed by atoms with Crippen LogP contribution in [0, 0.1) is 17.8 Å². The molecule has 5 nitrogen and oxygen atoms in total. The molecule has 0 radical (unpaired) electrons. The van der Waals surface area contributed by atoms with Crippen LogP contribution in [0.3, 0.4) is 0 Å². The molecule has 5 heteroatoms. The van der Waals surface area contributed by atoms with Gasteiger partial charge in [0, 0.05) is 5.92 Å². The van der Waals surface area contributed by atoms with Gasteiger partial charge >= 0.3 is 0 Å². The van der Waals surface area contributed by atoms with Gasteiger partial charge in [0.15, 0.2) is 0 Å². The summed E-state index contributed by atoms with van der Waals surface area (Å²) >= 11 is 0. The Labute approximate surface area is 202 Å². The Morgan fingerprint density at radius 2 is 1.76 bits per heavy atom. The second kappa shape index (κ2) is 15.2. The Kier molecular flexibility index (Phi) is 12.7. The lowest BCUT2D eigenvalue weighted by molar-refractivity contribution is -0.128. The van der Waals surface area contributed by atoms with Crippen LogP contribution in [0.2, 0.25) is 0 Å². The zero-order valence-electron chi connectivity index (χ0n) is 21.4. The van der Waals surface area contributed by atoms with E-state index in [1.165, 1.54) is 38.5 Å². The first-order valence-corrected chi connectivity index (χ1v) is 13.5. The van der Waals surface area contributed by atoms with E-state index in [-0.39, 0.29) is 23.8 Å². The highest BCUT2D eigenvalue weighted by Crippen LogP contribution is 2.33. The summed E-state index contributed by atoms with van der Waals surface area (Å²) in [7, 11) is 0. The third-order valence-electron chi connectivity index (χ3n) is 7.33. The third kappa shape index (κ3) is 9.19.